The van der Waals surface area contributed by atoms with E-state index in [1.165, 1.54) is 4.90 Å². The summed E-state index contributed by atoms with van der Waals surface area (Å²) >= 11 is 0. The fourth-order valence-corrected chi connectivity index (χ4v) is 5.82. The predicted octanol–water partition coefficient (Wildman–Crippen LogP) is 2.16. The average molecular weight is 502 g/mol. The van der Waals surface area contributed by atoms with Crippen LogP contribution in [0.3, 0.4) is 0 Å². The van der Waals surface area contributed by atoms with E-state index in [1.807, 2.05) is 4.90 Å². The molecule has 0 radical (unpaired) electrons. The summed E-state index contributed by atoms with van der Waals surface area (Å²) in [5.41, 5.74) is -0.608. The summed E-state index contributed by atoms with van der Waals surface area (Å²) in [7, 11) is 0. The van der Waals surface area contributed by atoms with Gasteiger partial charge in [0.2, 0.25) is 11.8 Å². The van der Waals surface area contributed by atoms with Gasteiger partial charge in [0.05, 0.1) is 18.2 Å². The van der Waals surface area contributed by atoms with Crippen LogP contribution in [0, 0.1) is 28.9 Å². The van der Waals surface area contributed by atoms with E-state index >= 15 is 0 Å². The van der Waals surface area contributed by atoms with Crippen LogP contribution in [-0.4, -0.2) is 76.6 Å². The number of ether oxygens (including phenoxy) is 1. The average Bonchev–Trinajstić information content (AvgIpc) is 3.10. The summed E-state index contributed by atoms with van der Waals surface area (Å²) in [6.07, 6.45) is 1.15. The summed E-state index contributed by atoms with van der Waals surface area (Å²) in [6.45, 7) is 5.58. The first-order chi connectivity index (χ1) is 16.9. The van der Waals surface area contributed by atoms with E-state index in [9.17, 15) is 28.4 Å². The zero-order valence-corrected chi connectivity index (χ0v) is 20.4. The molecule has 2 bridgehead atoms. The van der Waals surface area contributed by atoms with Crippen LogP contribution in [0.15, 0.2) is 18.2 Å². The number of fused-ring (bicyclic) bond motifs is 3. The van der Waals surface area contributed by atoms with Gasteiger partial charge in [0.1, 0.15) is 29.3 Å². The first-order valence-corrected chi connectivity index (χ1v) is 12.2. The van der Waals surface area contributed by atoms with Gasteiger partial charge in [0.15, 0.2) is 0 Å². The van der Waals surface area contributed by atoms with E-state index in [2.05, 4.69) is 11.4 Å². The Hall–Kier alpha value is -3.26. The molecule has 4 aliphatic rings. The molecule has 3 saturated heterocycles. The summed E-state index contributed by atoms with van der Waals surface area (Å²) in [5.74, 6) is -1.89. The number of piperazine rings is 1. The van der Waals surface area contributed by atoms with Crippen molar-refractivity contribution in [3.63, 3.8) is 0 Å². The van der Waals surface area contributed by atoms with Crippen LogP contribution < -0.4 is 10.2 Å². The standard InChI is InChI=1S/C25H29F2N5O4/c1-25(2,3)36-24(35)29-19(22(33)32-17(10-28)4-13-5-20(13)32)12-30-11-18-9-21(30)23(34)31(18)16-7-14(26)6-15(27)8-16/h6-8,13,17-21H,4-5,9,11-12H2,1-3H3,(H,29,35)/t13-,17+,18+,19+,20+,21+/m1/s1. The minimum atomic E-state index is -1.01. The Labute approximate surface area is 207 Å². The molecule has 3 amide bonds. The minimum absolute atomic E-state index is 0.000104. The Morgan fingerprint density at radius 3 is 2.50 bits per heavy atom. The molecule has 9 nitrogen and oxygen atoms in total. The van der Waals surface area contributed by atoms with Crippen LogP contribution in [0.4, 0.5) is 19.3 Å². The number of hydrogen-bond acceptors (Lipinski definition) is 6. The van der Waals surface area contributed by atoms with Crippen LogP contribution in [0.25, 0.3) is 0 Å². The SMILES string of the molecule is CC(C)(C)OC(=O)N[C@@H](CN1C[C@@H]2C[C@H]1C(=O)N2c1cc(F)cc(F)c1)C(=O)N1[C@H](C#N)C[C@@H]2C[C@@H]21. The maximum absolute atomic E-state index is 13.8. The second-order valence-electron chi connectivity index (χ2n) is 11.1. The van der Waals surface area contributed by atoms with Gasteiger partial charge in [-0.25, -0.2) is 13.6 Å². The van der Waals surface area contributed by atoms with Crippen LogP contribution in [0.5, 0.6) is 0 Å². The highest BCUT2D eigenvalue weighted by Crippen LogP contribution is 2.48. The molecule has 1 saturated carbocycles. The normalized spacial score (nSPS) is 29.7. The zero-order chi connectivity index (χ0) is 25.9. The molecule has 0 unspecified atom stereocenters. The molecule has 3 heterocycles. The predicted molar refractivity (Wildman–Crippen MR) is 124 cm³/mol. The number of nitrogens with zero attached hydrogens (tertiary/aromatic N) is 4. The number of benzene rings is 1. The van der Waals surface area contributed by atoms with Crippen molar-refractivity contribution in [2.45, 2.75) is 75.8 Å². The van der Waals surface area contributed by atoms with Crippen molar-refractivity contribution in [1.29, 1.82) is 5.26 Å². The minimum Gasteiger partial charge on any atom is -0.444 e. The van der Waals surface area contributed by atoms with E-state index in [-0.39, 0.29) is 36.1 Å². The van der Waals surface area contributed by atoms with Gasteiger partial charge in [-0.1, -0.05) is 0 Å². The van der Waals surface area contributed by atoms with Gasteiger partial charge in [-0.15, -0.1) is 0 Å². The highest BCUT2D eigenvalue weighted by atomic mass is 19.1. The molecule has 6 atom stereocenters. The topological polar surface area (TPSA) is 106 Å². The molecule has 0 spiro atoms. The number of anilines is 1. The molecule has 0 aromatic heterocycles. The third-order valence-corrected chi connectivity index (χ3v) is 7.31. The van der Waals surface area contributed by atoms with Crippen molar-refractivity contribution in [2.24, 2.45) is 5.92 Å². The number of nitriles is 1. The fourth-order valence-electron chi connectivity index (χ4n) is 5.82. The molecule has 5 rings (SSSR count). The molecule has 1 N–H and O–H groups in total. The van der Waals surface area contributed by atoms with Gasteiger partial charge in [0.25, 0.3) is 0 Å². The third kappa shape index (κ3) is 4.50. The van der Waals surface area contributed by atoms with E-state index in [0.29, 0.717) is 25.3 Å². The van der Waals surface area contributed by atoms with Crippen molar-refractivity contribution >= 4 is 23.6 Å². The molecule has 192 valence electrons. The Bertz CT molecular complexity index is 1130. The van der Waals surface area contributed by atoms with Crippen molar-refractivity contribution in [1.82, 2.24) is 15.1 Å². The Morgan fingerprint density at radius 1 is 1.19 bits per heavy atom. The first-order valence-electron chi connectivity index (χ1n) is 12.2. The van der Waals surface area contributed by atoms with Gasteiger partial charge in [0, 0.05) is 30.9 Å². The molecular weight excluding hydrogens is 472 g/mol. The number of nitrogens with one attached hydrogen (secondary N) is 1. The molecule has 3 aliphatic heterocycles. The first kappa shape index (κ1) is 24.4. The number of carbonyl (C=O) groups excluding carboxylic acids is 3. The largest absolute Gasteiger partial charge is 0.444 e. The number of hydrogen-bond donors (Lipinski definition) is 1. The van der Waals surface area contributed by atoms with Gasteiger partial charge in [-0.3, -0.25) is 14.5 Å². The molecule has 1 aliphatic carbocycles. The zero-order valence-electron chi connectivity index (χ0n) is 20.4. The second kappa shape index (κ2) is 8.69. The summed E-state index contributed by atoms with van der Waals surface area (Å²) < 4.78 is 32.9. The summed E-state index contributed by atoms with van der Waals surface area (Å²) in [6, 6.07) is 2.75. The van der Waals surface area contributed by atoms with Gasteiger partial charge in [-0.2, -0.15) is 5.26 Å². The molecule has 1 aromatic rings. The highest BCUT2D eigenvalue weighted by molar-refractivity contribution is 6.01. The van der Waals surface area contributed by atoms with E-state index < -0.39 is 41.5 Å². The number of likely N-dealkylation sites (tertiary alicyclic amines) is 2. The fraction of sp³-hybridized carbons (Fsp3) is 0.600. The van der Waals surface area contributed by atoms with Gasteiger partial charge in [-0.05, 0) is 58.1 Å². The van der Waals surface area contributed by atoms with E-state index in [0.717, 1.165) is 24.6 Å². The Morgan fingerprint density at radius 2 is 1.89 bits per heavy atom. The maximum Gasteiger partial charge on any atom is 0.408 e. The van der Waals surface area contributed by atoms with Crippen molar-refractivity contribution in [3.8, 4) is 6.07 Å². The number of rotatable bonds is 5. The summed E-state index contributed by atoms with van der Waals surface area (Å²) in [5, 5.41) is 12.2. The van der Waals surface area contributed by atoms with Crippen LogP contribution >= 0.6 is 0 Å². The highest BCUT2D eigenvalue weighted by Gasteiger charge is 2.56. The van der Waals surface area contributed by atoms with Crippen LogP contribution in [0.1, 0.15) is 40.0 Å². The maximum atomic E-state index is 13.8. The molecule has 1 aromatic carbocycles. The van der Waals surface area contributed by atoms with Crippen molar-refractivity contribution in [2.75, 3.05) is 18.0 Å². The number of piperidine rings is 1. The second-order valence-corrected chi connectivity index (χ2v) is 11.1. The van der Waals surface area contributed by atoms with Crippen LogP contribution in [0.2, 0.25) is 0 Å². The van der Waals surface area contributed by atoms with Gasteiger partial charge >= 0.3 is 6.09 Å². The lowest BCUT2D eigenvalue weighted by atomic mass is 10.1. The lowest BCUT2D eigenvalue weighted by Crippen LogP contribution is -2.59. The molecule has 11 heteroatoms. The van der Waals surface area contributed by atoms with E-state index in [1.54, 1.807) is 25.7 Å². The number of halogens is 2. The van der Waals surface area contributed by atoms with Crippen molar-refractivity contribution in [3.05, 3.63) is 29.8 Å². The Balaban J connectivity index is 1.33. The number of carbonyl (C=O) groups is 3. The lowest BCUT2D eigenvalue weighted by Gasteiger charge is -2.36. The third-order valence-electron chi connectivity index (χ3n) is 7.31. The smallest absolute Gasteiger partial charge is 0.408 e. The monoisotopic (exact) mass is 501 g/mol. The van der Waals surface area contributed by atoms with Crippen molar-refractivity contribution < 1.29 is 27.9 Å². The molecule has 36 heavy (non-hydrogen) atoms. The van der Waals surface area contributed by atoms with Gasteiger partial charge < -0.3 is 19.9 Å². The van der Waals surface area contributed by atoms with Crippen LogP contribution in [-0.2, 0) is 14.3 Å². The van der Waals surface area contributed by atoms with E-state index in [4.69, 9.17) is 4.74 Å². The Kier molecular flexibility index (Phi) is 5.90. The quantitative estimate of drug-likeness (QED) is 0.663. The molecular formula is C25H29F2N5O4. The number of alkyl carbamates (subject to hydrolysis) is 1. The number of amides is 3. The lowest BCUT2D eigenvalue weighted by molar-refractivity contribution is -0.136. The summed E-state index contributed by atoms with van der Waals surface area (Å²) in [4.78, 5) is 44.2. The molecule has 4 fully saturated rings.